The standard InChI is InChI=1S/C12H19N3O/c13-7-8-2-1-3-10(4-8)16-12-6-9(14)5-11(12)15/h1-4,9,11-12H,5-7,13-15H2/t9-,11+,12+/m0/s1. The van der Waals surface area contributed by atoms with Crippen molar-refractivity contribution in [2.75, 3.05) is 0 Å². The highest BCUT2D eigenvalue weighted by molar-refractivity contribution is 5.28. The molecule has 1 aromatic rings. The lowest BCUT2D eigenvalue weighted by atomic mass is 10.2. The zero-order valence-electron chi connectivity index (χ0n) is 9.30. The van der Waals surface area contributed by atoms with Crippen molar-refractivity contribution in [1.29, 1.82) is 0 Å². The first-order valence-corrected chi connectivity index (χ1v) is 5.66. The fourth-order valence-corrected chi connectivity index (χ4v) is 2.13. The molecule has 16 heavy (non-hydrogen) atoms. The maximum absolute atomic E-state index is 5.96. The second kappa shape index (κ2) is 4.82. The third-order valence-corrected chi connectivity index (χ3v) is 3.01. The number of rotatable bonds is 3. The van der Waals surface area contributed by atoms with E-state index in [0.29, 0.717) is 6.54 Å². The molecule has 1 fully saturated rings. The molecule has 0 bridgehead atoms. The molecule has 0 saturated heterocycles. The molecule has 0 aromatic heterocycles. The van der Waals surface area contributed by atoms with E-state index in [1.807, 2.05) is 24.3 Å². The molecule has 2 rings (SSSR count). The molecule has 1 saturated carbocycles. The Kier molecular flexibility index (Phi) is 3.43. The van der Waals surface area contributed by atoms with Gasteiger partial charge in [-0.1, -0.05) is 12.1 Å². The number of ether oxygens (including phenoxy) is 1. The fraction of sp³-hybridized carbons (Fsp3) is 0.500. The molecular weight excluding hydrogens is 202 g/mol. The van der Waals surface area contributed by atoms with Gasteiger partial charge in [0.1, 0.15) is 11.9 Å². The highest BCUT2D eigenvalue weighted by Crippen LogP contribution is 2.23. The first kappa shape index (κ1) is 11.4. The van der Waals surface area contributed by atoms with Crippen LogP contribution in [0.5, 0.6) is 5.75 Å². The van der Waals surface area contributed by atoms with Crippen LogP contribution in [0.2, 0.25) is 0 Å². The zero-order valence-corrected chi connectivity index (χ0v) is 9.30. The van der Waals surface area contributed by atoms with Gasteiger partial charge in [0.15, 0.2) is 0 Å². The van der Waals surface area contributed by atoms with Crippen molar-refractivity contribution < 1.29 is 4.74 Å². The predicted molar refractivity (Wildman–Crippen MR) is 63.9 cm³/mol. The van der Waals surface area contributed by atoms with Crippen LogP contribution < -0.4 is 21.9 Å². The Balaban J connectivity index is 2.03. The quantitative estimate of drug-likeness (QED) is 0.687. The normalized spacial score (nSPS) is 29.3. The van der Waals surface area contributed by atoms with Crippen LogP contribution >= 0.6 is 0 Å². The smallest absolute Gasteiger partial charge is 0.120 e. The van der Waals surface area contributed by atoms with Gasteiger partial charge < -0.3 is 21.9 Å². The molecule has 0 amide bonds. The van der Waals surface area contributed by atoms with Crippen LogP contribution in [0.25, 0.3) is 0 Å². The number of nitrogens with two attached hydrogens (primary N) is 3. The highest BCUT2D eigenvalue weighted by Gasteiger charge is 2.31. The summed E-state index contributed by atoms with van der Waals surface area (Å²) in [7, 11) is 0. The minimum atomic E-state index is 0.0306. The van der Waals surface area contributed by atoms with E-state index in [2.05, 4.69) is 0 Å². The second-order valence-corrected chi connectivity index (χ2v) is 4.40. The molecule has 0 spiro atoms. The zero-order chi connectivity index (χ0) is 11.5. The minimum Gasteiger partial charge on any atom is -0.489 e. The maximum atomic E-state index is 5.96. The summed E-state index contributed by atoms with van der Waals surface area (Å²) in [5.41, 5.74) is 18.4. The van der Waals surface area contributed by atoms with Crippen molar-refractivity contribution in [3.05, 3.63) is 29.8 Å². The Labute approximate surface area is 95.7 Å². The van der Waals surface area contributed by atoms with Crippen LogP contribution in [0.3, 0.4) is 0 Å². The van der Waals surface area contributed by atoms with E-state index >= 15 is 0 Å². The Bertz CT molecular complexity index is 356. The summed E-state index contributed by atoms with van der Waals surface area (Å²) >= 11 is 0. The van der Waals surface area contributed by atoms with Crippen molar-refractivity contribution in [1.82, 2.24) is 0 Å². The third-order valence-electron chi connectivity index (χ3n) is 3.01. The van der Waals surface area contributed by atoms with E-state index in [0.717, 1.165) is 24.2 Å². The van der Waals surface area contributed by atoms with Crippen molar-refractivity contribution in [3.63, 3.8) is 0 Å². The number of hydrogen-bond donors (Lipinski definition) is 3. The lowest BCUT2D eigenvalue weighted by Crippen LogP contribution is -2.33. The summed E-state index contributed by atoms with van der Waals surface area (Å²) in [6.07, 6.45) is 1.69. The average Bonchev–Trinajstić information content (AvgIpc) is 2.58. The van der Waals surface area contributed by atoms with Gasteiger partial charge in [-0.15, -0.1) is 0 Å². The van der Waals surface area contributed by atoms with Gasteiger partial charge in [-0.3, -0.25) is 0 Å². The molecule has 0 radical (unpaired) electrons. The van der Waals surface area contributed by atoms with Crippen LogP contribution in [0, 0.1) is 0 Å². The maximum Gasteiger partial charge on any atom is 0.120 e. The monoisotopic (exact) mass is 221 g/mol. The number of benzene rings is 1. The fourth-order valence-electron chi connectivity index (χ4n) is 2.13. The molecule has 3 atom stereocenters. The van der Waals surface area contributed by atoms with Crippen molar-refractivity contribution in [2.45, 2.75) is 37.6 Å². The van der Waals surface area contributed by atoms with Crippen molar-refractivity contribution in [2.24, 2.45) is 17.2 Å². The van der Waals surface area contributed by atoms with Gasteiger partial charge in [-0.2, -0.15) is 0 Å². The molecule has 4 nitrogen and oxygen atoms in total. The van der Waals surface area contributed by atoms with Gasteiger partial charge in [0, 0.05) is 25.0 Å². The van der Waals surface area contributed by atoms with Crippen LogP contribution in [-0.2, 0) is 6.54 Å². The van der Waals surface area contributed by atoms with Crippen LogP contribution in [0.15, 0.2) is 24.3 Å². The van der Waals surface area contributed by atoms with E-state index in [-0.39, 0.29) is 18.2 Å². The molecule has 6 N–H and O–H groups in total. The van der Waals surface area contributed by atoms with Gasteiger partial charge in [-0.25, -0.2) is 0 Å². The van der Waals surface area contributed by atoms with Crippen LogP contribution in [0.1, 0.15) is 18.4 Å². The molecule has 1 aromatic carbocycles. The first-order chi connectivity index (χ1) is 7.69. The lowest BCUT2D eigenvalue weighted by molar-refractivity contribution is 0.190. The van der Waals surface area contributed by atoms with E-state index in [1.165, 1.54) is 0 Å². The van der Waals surface area contributed by atoms with Crippen molar-refractivity contribution >= 4 is 0 Å². The lowest BCUT2D eigenvalue weighted by Gasteiger charge is -2.18. The summed E-state index contributed by atoms with van der Waals surface area (Å²) in [4.78, 5) is 0. The highest BCUT2D eigenvalue weighted by atomic mass is 16.5. The third kappa shape index (κ3) is 2.52. The van der Waals surface area contributed by atoms with Gasteiger partial charge in [-0.05, 0) is 24.1 Å². The van der Waals surface area contributed by atoms with E-state index in [4.69, 9.17) is 21.9 Å². The molecule has 0 unspecified atom stereocenters. The van der Waals surface area contributed by atoms with Gasteiger partial charge in [0.25, 0.3) is 0 Å². The molecular formula is C12H19N3O. The Morgan fingerprint density at radius 3 is 2.69 bits per heavy atom. The minimum absolute atomic E-state index is 0.0306. The Morgan fingerprint density at radius 2 is 2.06 bits per heavy atom. The molecule has 1 aliphatic rings. The predicted octanol–water partition coefficient (Wildman–Crippen LogP) is 0.341. The molecule has 0 aliphatic heterocycles. The summed E-state index contributed by atoms with van der Waals surface area (Å²) in [6, 6.07) is 8.01. The Hall–Kier alpha value is -1.10. The van der Waals surface area contributed by atoms with E-state index in [1.54, 1.807) is 0 Å². The molecule has 88 valence electrons. The van der Waals surface area contributed by atoms with Crippen LogP contribution in [-0.4, -0.2) is 18.2 Å². The van der Waals surface area contributed by atoms with E-state index < -0.39 is 0 Å². The van der Waals surface area contributed by atoms with E-state index in [9.17, 15) is 0 Å². The summed E-state index contributed by atoms with van der Waals surface area (Å²) in [5, 5.41) is 0. The molecule has 1 aliphatic carbocycles. The summed E-state index contributed by atoms with van der Waals surface area (Å²) < 4.78 is 5.84. The summed E-state index contributed by atoms with van der Waals surface area (Å²) in [6.45, 7) is 0.521. The van der Waals surface area contributed by atoms with Gasteiger partial charge in [0.05, 0.1) is 0 Å². The topological polar surface area (TPSA) is 87.3 Å². The largest absolute Gasteiger partial charge is 0.489 e. The molecule has 4 heteroatoms. The van der Waals surface area contributed by atoms with Crippen molar-refractivity contribution in [3.8, 4) is 5.75 Å². The number of hydrogen-bond acceptors (Lipinski definition) is 4. The van der Waals surface area contributed by atoms with Gasteiger partial charge in [0.2, 0.25) is 0 Å². The average molecular weight is 221 g/mol. The Morgan fingerprint density at radius 1 is 1.25 bits per heavy atom. The SMILES string of the molecule is NCc1cccc(O[C@@H]2C[C@@H](N)C[C@H]2N)c1. The summed E-state index contributed by atoms with van der Waals surface area (Å²) in [5.74, 6) is 0.831. The second-order valence-electron chi connectivity index (χ2n) is 4.40. The first-order valence-electron chi connectivity index (χ1n) is 5.66. The van der Waals surface area contributed by atoms with Gasteiger partial charge >= 0.3 is 0 Å². The molecule has 0 heterocycles. The van der Waals surface area contributed by atoms with Crippen LogP contribution in [0.4, 0.5) is 0 Å².